The Morgan fingerprint density at radius 1 is 1.22 bits per heavy atom. The predicted molar refractivity (Wildman–Crippen MR) is 144 cm³/mol. The van der Waals surface area contributed by atoms with E-state index in [2.05, 4.69) is 4.98 Å². The molecule has 0 aliphatic rings. The average molecular weight is 547 g/mol. The van der Waals surface area contributed by atoms with Crippen LogP contribution in [0, 0.1) is 5.41 Å². The van der Waals surface area contributed by atoms with Gasteiger partial charge in [0.1, 0.15) is 16.4 Å². The van der Waals surface area contributed by atoms with E-state index in [1.807, 2.05) is 46.1 Å². The number of halogens is 2. The van der Waals surface area contributed by atoms with Gasteiger partial charge < -0.3 is 15.2 Å². The predicted octanol–water partition coefficient (Wildman–Crippen LogP) is 6.94. The molecule has 0 bridgehead atoms. The maximum absolute atomic E-state index is 13.1. The number of rotatable bonds is 9. The van der Waals surface area contributed by atoms with Crippen LogP contribution >= 0.6 is 22.7 Å². The summed E-state index contributed by atoms with van der Waals surface area (Å²) in [6, 6.07) is 4.87. The number of nitrogens with zero attached hydrogens (tertiary/aromatic N) is 3. The summed E-state index contributed by atoms with van der Waals surface area (Å²) in [6.07, 6.45) is 5.41. The molecule has 0 unspecified atom stereocenters. The van der Waals surface area contributed by atoms with E-state index in [0.29, 0.717) is 27.8 Å². The Hall–Kier alpha value is -3.31. The van der Waals surface area contributed by atoms with Crippen LogP contribution in [0.1, 0.15) is 67.2 Å². The van der Waals surface area contributed by atoms with Crippen LogP contribution in [0.3, 0.4) is 0 Å². The molecule has 2 N–H and O–H groups in total. The van der Waals surface area contributed by atoms with Gasteiger partial charge >= 0.3 is 6.61 Å². The second kappa shape index (κ2) is 10.6. The first kappa shape index (κ1) is 26.7. The number of hydrogen-bond donors (Lipinski definition) is 1. The quantitative estimate of drug-likeness (QED) is 0.246. The van der Waals surface area contributed by atoms with Crippen molar-refractivity contribution >= 4 is 45.7 Å². The maximum Gasteiger partial charge on any atom is 0.387 e. The Balaban J connectivity index is 1.76. The lowest BCUT2D eigenvalue weighted by Crippen LogP contribution is -2.18. The zero-order valence-corrected chi connectivity index (χ0v) is 22.8. The molecule has 0 aliphatic heterocycles. The van der Waals surface area contributed by atoms with Crippen molar-refractivity contribution in [3.05, 3.63) is 51.6 Å². The number of fused-ring (bicyclic) bond motifs is 1. The van der Waals surface area contributed by atoms with Gasteiger partial charge in [-0.15, -0.1) is 22.7 Å². The molecule has 0 saturated heterocycles. The number of benzene rings is 1. The van der Waals surface area contributed by atoms with E-state index in [1.165, 1.54) is 28.7 Å². The third kappa shape index (κ3) is 5.99. The number of primary amides is 1. The van der Waals surface area contributed by atoms with E-state index >= 15 is 0 Å². The van der Waals surface area contributed by atoms with E-state index in [9.17, 15) is 13.6 Å². The SMILES string of the molecule is CC(C)c1nc(-c2nc3sccn3c2C(N)=O)sc1C=Cc1cccc(OC(F)F)c1OCC(C)(C)C. The highest BCUT2D eigenvalue weighted by molar-refractivity contribution is 7.16. The Labute approximate surface area is 221 Å². The fraction of sp³-hybridized carbons (Fsp3) is 0.346. The molecule has 4 aromatic rings. The summed E-state index contributed by atoms with van der Waals surface area (Å²) in [7, 11) is 0. The van der Waals surface area contributed by atoms with E-state index in [0.717, 1.165) is 10.6 Å². The lowest BCUT2D eigenvalue weighted by atomic mass is 9.98. The topological polar surface area (TPSA) is 91.7 Å². The summed E-state index contributed by atoms with van der Waals surface area (Å²) in [5.74, 6) is -0.291. The number of imidazole rings is 1. The number of carbonyl (C=O) groups is 1. The van der Waals surface area contributed by atoms with Crippen molar-refractivity contribution in [3.63, 3.8) is 0 Å². The lowest BCUT2D eigenvalue weighted by molar-refractivity contribution is -0.0517. The highest BCUT2D eigenvalue weighted by Crippen LogP contribution is 2.38. The van der Waals surface area contributed by atoms with Crippen molar-refractivity contribution in [2.75, 3.05) is 6.61 Å². The fourth-order valence-electron chi connectivity index (χ4n) is 3.61. The normalized spacial score (nSPS) is 12.4. The number of aromatic nitrogens is 3. The first-order valence-electron chi connectivity index (χ1n) is 11.6. The van der Waals surface area contributed by atoms with Crippen LogP contribution in [-0.4, -0.2) is 33.5 Å². The Morgan fingerprint density at radius 2 is 1.97 bits per heavy atom. The number of nitrogens with two attached hydrogens (primary N) is 1. The van der Waals surface area contributed by atoms with Gasteiger partial charge in [-0.1, -0.05) is 46.8 Å². The number of alkyl halides is 2. The minimum atomic E-state index is -2.98. The summed E-state index contributed by atoms with van der Waals surface area (Å²) >= 11 is 2.78. The molecule has 1 amide bonds. The molecular weight excluding hydrogens is 518 g/mol. The molecule has 0 spiro atoms. The number of hydrogen-bond acceptors (Lipinski definition) is 7. The molecule has 0 aliphatic carbocycles. The average Bonchev–Trinajstić information content (AvgIpc) is 3.49. The van der Waals surface area contributed by atoms with Gasteiger partial charge in [0.2, 0.25) is 0 Å². The maximum atomic E-state index is 13.1. The second-order valence-electron chi connectivity index (χ2n) is 9.89. The summed E-state index contributed by atoms with van der Waals surface area (Å²) < 4.78 is 38.5. The van der Waals surface area contributed by atoms with Crippen LogP contribution in [0.5, 0.6) is 11.5 Å². The smallest absolute Gasteiger partial charge is 0.387 e. The Kier molecular flexibility index (Phi) is 7.65. The third-order valence-electron chi connectivity index (χ3n) is 5.22. The zero-order chi connectivity index (χ0) is 26.9. The van der Waals surface area contributed by atoms with Crippen molar-refractivity contribution < 1.29 is 23.0 Å². The third-order valence-corrected chi connectivity index (χ3v) is 7.01. The van der Waals surface area contributed by atoms with Gasteiger partial charge in [0.25, 0.3) is 5.91 Å². The number of para-hydroxylation sites is 1. The molecule has 3 aromatic heterocycles. The zero-order valence-electron chi connectivity index (χ0n) is 21.1. The van der Waals surface area contributed by atoms with Crippen molar-refractivity contribution in [2.45, 2.75) is 47.1 Å². The van der Waals surface area contributed by atoms with Gasteiger partial charge in [-0.2, -0.15) is 8.78 Å². The number of ether oxygens (including phenoxy) is 2. The first-order valence-corrected chi connectivity index (χ1v) is 13.3. The van der Waals surface area contributed by atoms with Crippen LogP contribution < -0.4 is 15.2 Å². The summed E-state index contributed by atoms with van der Waals surface area (Å²) in [5, 5.41) is 2.41. The van der Waals surface area contributed by atoms with Crippen LogP contribution in [0.25, 0.3) is 27.8 Å². The molecule has 3 heterocycles. The first-order chi connectivity index (χ1) is 17.4. The molecule has 37 heavy (non-hydrogen) atoms. The van der Waals surface area contributed by atoms with Crippen LogP contribution in [0.15, 0.2) is 29.8 Å². The molecule has 196 valence electrons. The molecule has 4 rings (SSSR count). The minimum Gasteiger partial charge on any atom is -0.489 e. The molecule has 0 radical (unpaired) electrons. The molecule has 0 fully saturated rings. The highest BCUT2D eigenvalue weighted by atomic mass is 32.1. The van der Waals surface area contributed by atoms with Crippen molar-refractivity contribution in [3.8, 4) is 22.2 Å². The summed E-state index contributed by atoms with van der Waals surface area (Å²) in [5.41, 5.74) is 7.62. The van der Waals surface area contributed by atoms with Crippen molar-refractivity contribution in [1.29, 1.82) is 0 Å². The van der Waals surface area contributed by atoms with Crippen molar-refractivity contribution in [1.82, 2.24) is 14.4 Å². The molecule has 0 saturated carbocycles. The second-order valence-corrected chi connectivity index (χ2v) is 11.8. The molecule has 1 aromatic carbocycles. The van der Waals surface area contributed by atoms with Gasteiger partial charge in [-0.05, 0) is 29.6 Å². The molecule has 11 heteroatoms. The lowest BCUT2D eigenvalue weighted by Gasteiger charge is -2.21. The largest absolute Gasteiger partial charge is 0.489 e. The van der Waals surface area contributed by atoms with Gasteiger partial charge in [0.05, 0.1) is 17.2 Å². The van der Waals surface area contributed by atoms with Gasteiger partial charge in [-0.3, -0.25) is 9.20 Å². The fourth-order valence-corrected chi connectivity index (χ4v) is 5.44. The molecule has 0 atom stereocenters. The van der Waals surface area contributed by atoms with E-state index < -0.39 is 12.5 Å². The molecular formula is C26H28F2N4O3S2. The standard InChI is InChI=1S/C26H28F2N4O3S2/c1-14(2)18-17(37-23(30-18)19-20(22(29)33)32-11-12-36-25(32)31-19)10-9-15-7-6-8-16(35-24(27)28)21(15)34-13-26(3,4)5/h6-12,14,24H,13H2,1-5H3,(H2,29,33). The number of thiazole rings is 2. The van der Waals surface area contributed by atoms with Crippen molar-refractivity contribution in [2.24, 2.45) is 11.1 Å². The monoisotopic (exact) mass is 546 g/mol. The van der Waals surface area contributed by atoms with Crippen LogP contribution in [-0.2, 0) is 0 Å². The molecule has 7 nitrogen and oxygen atoms in total. The van der Waals surface area contributed by atoms with Crippen LogP contribution in [0.4, 0.5) is 8.78 Å². The Morgan fingerprint density at radius 3 is 2.62 bits per heavy atom. The Bertz CT molecular complexity index is 1450. The van der Waals surface area contributed by atoms with E-state index in [1.54, 1.807) is 28.8 Å². The van der Waals surface area contributed by atoms with Crippen LogP contribution in [0.2, 0.25) is 0 Å². The van der Waals surface area contributed by atoms with E-state index in [-0.39, 0.29) is 28.5 Å². The highest BCUT2D eigenvalue weighted by Gasteiger charge is 2.24. The minimum absolute atomic E-state index is 0.0281. The number of amides is 1. The summed E-state index contributed by atoms with van der Waals surface area (Å²) in [6.45, 7) is 7.36. The van der Waals surface area contributed by atoms with Gasteiger partial charge in [0.15, 0.2) is 16.5 Å². The van der Waals surface area contributed by atoms with Gasteiger partial charge in [0, 0.05) is 17.1 Å². The summed E-state index contributed by atoms with van der Waals surface area (Å²) in [4.78, 5) is 23.1. The number of carbonyl (C=O) groups excluding carboxylic acids is 1. The van der Waals surface area contributed by atoms with E-state index in [4.69, 9.17) is 20.2 Å². The van der Waals surface area contributed by atoms with Gasteiger partial charge in [-0.25, -0.2) is 9.97 Å².